The maximum atomic E-state index is 5.13. The van der Waals surface area contributed by atoms with Gasteiger partial charge >= 0.3 is 0 Å². The van der Waals surface area contributed by atoms with Crippen molar-refractivity contribution < 1.29 is 4.52 Å². The number of hydrogen-bond acceptors (Lipinski definition) is 4. The Morgan fingerprint density at radius 1 is 1.33 bits per heavy atom. The highest BCUT2D eigenvalue weighted by Crippen LogP contribution is 2.11. The van der Waals surface area contributed by atoms with Crippen molar-refractivity contribution in [2.24, 2.45) is 4.99 Å². The predicted molar refractivity (Wildman–Crippen MR) is 77.4 cm³/mol. The molecule has 0 aliphatic heterocycles. The number of hydrogen-bond donors (Lipinski definition) is 2. The molecular formula is C12H22N4OS. The number of nitrogens with one attached hydrogen (secondary N) is 2. The van der Waals surface area contributed by atoms with Crippen LogP contribution in [0.5, 0.6) is 0 Å². The highest BCUT2D eigenvalue weighted by molar-refractivity contribution is 7.98. The van der Waals surface area contributed by atoms with Crippen LogP contribution >= 0.6 is 11.8 Å². The van der Waals surface area contributed by atoms with Crippen molar-refractivity contribution in [2.75, 3.05) is 32.1 Å². The van der Waals surface area contributed by atoms with Gasteiger partial charge < -0.3 is 15.2 Å². The Labute approximate surface area is 113 Å². The number of aryl methyl sites for hydroxylation is 2. The zero-order chi connectivity index (χ0) is 13.4. The first-order chi connectivity index (χ1) is 8.69. The molecule has 5 nitrogen and oxygen atoms in total. The van der Waals surface area contributed by atoms with E-state index in [1.165, 1.54) is 5.56 Å². The van der Waals surface area contributed by atoms with Gasteiger partial charge in [-0.05, 0) is 26.5 Å². The van der Waals surface area contributed by atoms with Gasteiger partial charge in [0.25, 0.3) is 0 Å². The molecule has 0 aliphatic carbocycles. The van der Waals surface area contributed by atoms with E-state index in [1.807, 2.05) is 25.6 Å². The summed E-state index contributed by atoms with van der Waals surface area (Å²) in [5.74, 6) is 2.82. The third-order valence-electron chi connectivity index (χ3n) is 2.67. The minimum atomic E-state index is 0.821. The lowest BCUT2D eigenvalue weighted by molar-refractivity contribution is 0.392. The summed E-state index contributed by atoms with van der Waals surface area (Å²) < 4.78 is 5.13. The lowest BCUT2D eigenvalue weighted by atomic mass is 10.1. The van der Waals surface area contributed by atoms with Gasteiger partial charge in [0.2, 0.25) is 0 Å². The molecule has 1 aromatic rings. The molecule has 0 saturated carbocycles. The molecule has 0 saturated heterocycles. The SMILES string of the molecule is CN=C(NCCSC)NCCc1c(C)noc1C. The summed E-state index contributed by atoms with van der Waals surface area (Å²) in [7, 11) is 1.78. The minimum absolute atomic E-state index is 0.821. The maximum Gasteiger partial charge on any atom is 0.191 e. The third-order valence-corrected chi connectivity index (χ3v) is 3.28. The van der Waals surface area contributed by atoms with E-state index in [0.29, 0.717) is 0 Å². The van der Waals surface area contributed by atoms with Crippen molar-refractivity contribution in [2.45, 2.75) is 20.3 Å². The van der Waals surface area contributed by atoms with Gasteiger partial charge in [0.15, 0.2) is 5.96 Å². The van der Waals surface area contributed by atoms with E-state index in [-0.39, 0.29) is 0 Å². The molecule has 0 spiro atoms. The van der Waals surface area contributed by atoms with Crippen molar-refractivity contribution in [1.82, 2.24) is 15.8 Å². The largest absolute Gasteiger partial charge is 0.361 e. The highest BCUT2D eigenvalue weighted by Gasteiger charge is 2.08. The molecule has 0 aliphatic rings. The molecule has 2 N–H and O–H groups in total. The Morgan fingerprint density at radius 2 is 2.06 bits per heavy atom. The first-order valence-corrected chi connectivity index (χ1v) is 7.43. The Hall–Kier alpha value is -1.17. The summed E-state index contributed by atoms with van der Waals surface area (Å²) in [6, 6.07) is 0. The van der Waals surface area contributed by atoms with Crippen LogP contribution in [0, 0.1) is 13.8 Å². The van der Waals surface area contributed by atoms with E-state index in [9.17, 15) is 0 Å². The Morgan fingerprint density at radius 3 is 2.61 bits per heavy atom. The molecule has 0 atom stereocenters. The Balaban J connectivity index is 2.32. The number of rotatable bonds is 6. The normalized spacial score (nSPS) is 11.7. The summed E-state index contributed by atoms with van der Waals surface area (Å²) in [6.45, 7) is 5.66. The van der Waals surface area contributed by atoms with Gasteiger partial charge in [0.1, 0.15) is 5.76 Å². The van der Waals surface area contributed by atoms with Crippen LogP contribution < -0.4 is 10.6 Å². The van der Waals surface area contributed by atoms with Crippen LogP contribution in [-0.4, -0.2) is 43.3 Å². The maximum absolute atomic E-state index is 5.13. The van der Waals surface area contributed by atoms with Crippen LogP contribution in [0.1, 0.15) is 17.0 Å². The molecule has 0 fully saturated rings. The molecule has 0 unspecified atom stereocenters. The number of aromatic nitrogens is 1. The zero-order valence-electron chi connectivity index (χ0n) is 11.5. The fourth-order valence-electron chi connectivity index (χ4n) is 1.66. The smallest absolute Gasteiger partial charge is 0.191 e. The monoisotopic (exact) mass is 270 g/mol. The average Bonchev–Trinajstić information content (AvgIpc) is 2.68. The number of nitrogens with zero attached hydrogens (tertiary/aromatic N) is 2. The van der Waals surface area contributed by atoms with Crippen molar-refractivity contribution >= 4 is 17.7 Å². The van der Waals surface area contributed by atoms with E-state index in [0.717, 1.165) is 42.7 Å². The van der Waals surface area contributed by atoms with Gasteiger partial charge in [-0.3, -0.25) is 4.99 Å². The lowest BCUT2D eigenvalue weighted by Crippen LogP contribution is -2.39. The molecular weight excluding hydrogens is 248 g/mol. The van der Waals surface area contributed by atoms with Gasteiger partial charge in [0, 0.05) is 31.5 Å². The number of guanidine groups is 1. The van der Waals surface area contributed by atoms with Crippen molar-refractivity contribution in [3.63, 3.8) is 0 Å². The van der Waals surface area contributed by atoms with E-state index in [2.05, 4.69) is 27.0 Å². The lowest BCUT2D eigenvalue weighted by Gasteiger charge is -2.11. The van der Waals surface area contributed by atoms with Crippen molar-refractivity contribution in [1.29, 1.82) is 0 Å². The van der Waals surface area contributed by atoms with Gasteiger partial charge in [-0.15, -0.1) is 0 Å². The predicted octanol–water partition coefficient (Wildman–Crippen LogP) is 1.36. The molecule has 0 bridgehead atoms. The molecule has 1 heterocycles. The average molecular weight is 270 g/mol. The van der Waals surface area contributed by atoms with Crippen LogP contribution in [0.2, 0.25) is 0 Å². The third kappa shape index (κ3) is 4.60. The quantitative estimate of drug-likeness (QED) is 0.464. The second-order valence-electron chi connectivity index (χ2n) is 3.97. The van der Waals surface area contributed by atoms with Crippen LogP contribution in [0.25, 0.3) is 0 Å². The number of aliphatic imine (C=N–C) groups is 1. The highest BCUT2D eigenvalue weighted by atomic mass is 32.2. The fraction of sp³-hybridized carbons (Fsp3) is 0.667. The topological polar surface area (TPSA) is 62.5 Å². The van der Waals surface area contributed by atoms with Crippen LogP contribution in [0.15, 0.2) is 9.52 Å². The van der Waals surface area contributed by atoms with E-state index < -0.39 is 0 Å². The number of thioether (sulfide) groups is 1. The Bertz CT molecular complexity index is 370. The second kappa shape index (κ2) is 8.02. The summed E-state index contributed by atoms with van der Waals surface area (Å²) in [5, 5.41) is 10.5. The minimum Gasteiger partial charge on any atom is -0.361 e. The molecule has 0 radical (unpaired) electrons. The van der Waals surface area contributed by atoms with Crippen LogP contribution in [0.3, 0.4) is 0 Å². The first kappa shape index (κ1) is 14.9. The van der Waals surface area contributed by atoms with Gasteiger partial charge in [0.05, 0.1) is 5.69 Å². The summed E-state index contributed by atoms with van der Waals surface area (Å²) in [5.41, 5.74) is 2.15. The molecule has 102 valence electrons. The zero-order valence-corrected chi connectivity index (χ0v) is 12.4. The van der Waals surface area contributed by atoms with E-state index in [4.69, 9.17) is 4.52 Å². The second-order valence-corrected chi connectivity index (χ2v) is 4.96. The van der Waals surface area contributed by atoms with Crippen molar-refractivity contribution in [3.05, 3.63) is 17.0 Å². The van der Waals surface area contributed by atoms with Crippen LogP contribution in [0.4, 0.5) is 0 Å². The van der Waals surface area contributed by atoms with Gasteiger partial charge in [-0.1, -0.05) is 5.16 Å². The Kier molecular flexibility index (Phi) is 6.64. The standard InChI is InChI=1S/C12H22N4OS/c1-9-11(10(2)17-16-9)5-6-14-12(13-3)15-7-8-18-4/h5-8H2,1-4H3,(H2,13,14,15). The molecule has 1 aromatic heterocycles. The van der Waals surface area contributed by atoms with Crippen LogP contribution in [-0.2, 0) is 6.42 Å². The van der Waals surface area contributed by atoms with Gasteiger partial charge in [-0.25, -0.2) is 0 Å². The summed E-state index contributed by atoms with van der Waals surface area (Å²) >= 11 is 1.81. The molecule has 0 amide bonds. The molecule has 6 heteroatoms. The van der Waals surface area contributed by atoms with Crippen molar-refractivity contribution in [3.8, 4) is 0 Å². The summed E-state index contributed by atoms with van der Waals surface area (Å²) in [4.78, 5) is 4.17. The molecule has 18 heavy (non-hydrogen) atoms. The molecule has 0 aromatic carbocycles. The van der Waals surface area contributed by atoms with E-state index in [1.54, 1.807) is 7.05 Å². The van der Waals surface area contributed by atoms with Gasteiger partial charge in [-0.2, -0.15) is 11.8 Å². The molecule has 1 rings (SSSR count). The fourth-order valence-corrected chi connectivity index (χ4v) is 1.96. The van der Waals surface area contributed by atoms with E-state index >= 15 is 0 Å². The first-order valence-electron chi connectivity index (χ1n) is 6.04. The summed E-state index contributed by atoms with van der Waals surface area (Å²) in [6.07, 6.45) is 2.99.